The van der Waals surface area contributed by atoms with Crippen LogP contribution in [0.3, 0.4) is 0 Å². The Labute approximate surface area is 324 Å². The largest absolute Gasteiger partial charge is 0.481 e. The Balaban J connectivity index is 0.000000757. The number of nitrogens with one attached hydrogen (secondary N) is 3. The first-order valence-electron chi connectivity index (χ1n) is 17.2. The first kappa shape index (κ1) is 42.6. The number of aliphatic carboxylic acids is 1. The molecule has 1 aliphatic heterocycles. The number of hydrogen-bond acceptors (Lipinski definition) is 9. The molecule has 0 saturated heterocycles. The lowest BCUT2D eigenvalue weighted by Crippen LogP contribution is -2.42. The summed E-state index contributed by atoms with van der Waals surface area (Å²) in [6.45, 7) is 6.15. The first-order chi connectivity index (χ1) is 25.9. The summed E-state index contributed by atoms with van der Waals surface area (Å²) in [6.07, 6.45) is -0.218. The van der Waals surface area contributed by atoms with E-state index in [1.54, 1.807) is 56.1 Å². The molecule has 55 heavy (non-hydrogen) atoms. The second-order valence-corrected chi connectivity index (χ2v) is 14.4. The van der Waals surface area contributed by atoms with E-state index in [1.807, 2.05) is 24.3 Å². The van der Waals surface area contributed by atoms with Crippen molar-refractivity contribution < 1.29 is 37.4 Å². The predicted octanol–water partition coefficient (Wildman–Crippen LogP) is 6.80. The Morgan fingerprint density at radius 1 is 1.05 bits per heavy atom. The summed E-state index contributed by atoms with van der Waals surface area (Å²) >= 11 is 12.3. The maximum absolute atomic E-state index is 13.7. The zero-order valence-corrected chi connectivity index (χ0v) is 31.7. The molecule has 0 spiro atoms. The minimum atomic E-state index is -4.58. The van der Waals surface area contributed by atoms with E-state index in [0.29, 0.717) is 41.4 Å². The molecule has 1 aliphatic rings. The van der Waals surface area contributed by atoms with E-state index >= 15 is 0 Å². The third kappa shape index (κ3) is 13.6. The number of carbonyl (C=O) groups excluding carboxylic acids is 2. The molecule has 2 amide bonds. The highest BCUT2D eigenvalue weighted by atomic mass is 35.5. The molecule has 3 heterocycles. The van der Waals surface area contributed by atoms with E-state index in [2.05, 4.69) is 26.3 Å². The Morgan fingerprint density at radius 2 is 1.82 bits per heavy atom. The second kappa shape index (κ2) is 18.9. The molecule has 2 bridgehead atoms. The zero-order chi connectivity index (χ0) is 40.3. The molecule has 14 nitrogen and oxygen atoms in total. The zero-order valence-electron chi connectivity index (χ0n) is 30.2. The van der Waals surface area contributed by atoms with Crippen LogP contribution in [0, 0.1) is 0 Å². The molecule has 4 N–H and O–H groups in total. The van der Waals surface area contributed by atoms with Crippen molar-refractivity contribution in [3.05, 3.63) is 87.1 Å². The van der Waals surface area contributed by atoms with Gasteiger partial charge in [0.15, 0.2) is 5.15 Å². The molecular formula is C36H41Cl2F3N8O6. The number of alkyl halides is 3. The van der Waals surface area contributed by atoms with Crippen LogP contribution in [0.15, 0.2) is 65.8 Å². The van der Waals surface area contributed by atoms with E-state index < -0.39 is 36.3 Å². The topological polar surface area (TPSA) is 182 Å². The second-order valence-electron chi connectivity index (χ2n) is 13.5. The molecule has 0 radical (unpaired) electrons. The molecule has 0 aliphatic carbocycles. The van der Waals surface area contributed by atoms with Gasteiger partial charge in [0.25, 0.3) is 5.56 Å². The number of aromatic nitrogens is 5. The third-order valence-electron chi connectivity index (χ3n) is 7.95. The van der Waals surface area contributed by atoms with Crippen molar-refractivity contribution in [2.24, 2.45) is 0 Å². The number of carboxylic acid groups (broad SMARTS) is 1. The fraction of sp³-hybridized carbons (Fsp3) is 0.417. The van der Waals surface area contributed by atoms with Crippen LogP contribution < -0.4 is 21.5 Å². The lowest BCUT2D eigenvalue weighted by molar-refractivity contribution is -0.166. The van der Waals surface area contributed by atoms with Crippen molar-refractivity contribution in [2.45, 2.75) is 83.2 Å². The number of hydrogen-bond donors (Lipinski definition) is 4. The lowest BCUT2D eigenvalue weighted by Gasteiger charge is -2.23. The lowest BCUT2D eigenvalue weighted by atomic mass is 9.99. The molecule has 2 aromatic carbocycles. The van der Waals surface area contributed by atoms with Gasteiger partial charge < -0.3 is 25.8 Å². The molecule has 5 rings (SSSR count). The number of ether oxygens (including phenoxy) is 1. The van der Waals surface area contributed by atoms with Crippen molar-refractivity contribution in [2.75, 3.05) is 18.4 Å². The van der Waals surface area contributed by atoms with Crippen molar-refractivity contribution in [1.29, 1.82) is 0 Å². The van der Waals surface area contributed by atoms with E-state index in [4.69, 9.17) is 38.0 Å². The maximum Gasteiger partial charge on any atom is 0.407 e. The maximum atomic E-state index is 13.7. The van der Waals surface area contributed by atoms with E-state index in [0.717, 1.165) is 30.5 Å². The average Bonchev–Trinajstić information content (AvgIpc) is 3.51. The summed E-state index contributed by atoms with van der Waals surface area (Å²) in [5.74, 6) is -2.00. The third-order valence-corrected chi connectivity index (χ3v) is 8.36. The Bertz CT molecular complexity index is 2020. The van der Waals surface area contributed by atoms with Gasteiger partial charge in [0.2, 0.25) is 5.91 Å². The van der Waals surface area contributed by atoms with Crippen LogP contribution in [0.4, 0.5) is 23.7 Å². The van der Waals surface area contributed by atoms with Crippen LogP contribution >= 0.6 is 23.2 Å². The number of rotatable bonds is 7. The van der Waals surface area contributed by atoms with Crippen LogP contribution in [-0.2, 0) is 14.3 Å². The summed E-state index contributed by atoms with van der Waals surface area (Å²) < 4.78 is 41.3. The molecule has 2 atom stereocenters. The van der Waals surface area contributed by atoms with Crippen molar-refractivity contribution in [3.63, 3.8) is 0 Å². The van der Waals surface area contributed by atoms with Gasteiger partial charge in [-0.1, -0.05) is 53.4 Å². The van der Waals surface area contributed by atoms with Gasteiger partial charge in [-0.15, -0.1) is 5.10 Å². The highest BCUT2D eigenvalue weighted by Crippen LogP contribution is 2.30. The number of carboxylic acids is 1. The fourth-order valence-corrected chi connectivity index (χ4v) is 5.91. The summed E-state index contributed by atoms with van der Waals surface area (Å²) in [5, 5.41) is 25.2. The molecule has 19 heteroatoms. The normalized spacial score (nSPS) is 16.5. The van der Waals surface area contributed by atoms with E-state index in [9.17, 15) is 32.3 Å². The van der Waals surface area contributed by atoms with E-state index in [1.165, 1.54) is 10.7 Å². The smallest absolute Gasteiger partial charge is 0.407 e. The standard InChI is InChI=1S/C33H38Cl2N8O4.C3H3F3O2/c1-33(2,3)47-32(46)37-15-13-25-31(45)36-14-6-4-5-10-27(21-8-7-9-23(16-21)39-25)42-20-38-26(18-30(42)44)24-17-22(34)11-12-28(24)43-19-29(35)40-41-43;4-3(5,6)1-2(7)8/h7-9,11-12,16-20,25,27,39H,4-6,10,13-15H2,1-3H3,(H,36,45)(H,37,46);1H2,(H,7,8)/t25-,27+;/m1./s1. The average molecular weight is 810 g/mol. The van der Waals surface area contributed by atoms with Crippen LogP contribution in [0.2, 0.25) is 10.2 Å². The molecular weight excluding hydrogens is 768 g/mol. The number of carbonyl (C=O) groups is 3. The SMILES string of the molecule is CC(C)(C)OC(=O)NCC[C@H]1Nc2cccc(c2)[C@@H](n2cnc(-c3cc(Cl)ccc3-n3cc(Cl)nn3)cc2=O)CCCCCNC1=O.O=C(O)CC(F)(F)F. The minimum Gasteiger partial charge on any atom is -0.481 e. The van der Waals surface area contributed by atoms with Gasteiger partial charge in [-0.2, -0.15) is 13.2 Å². The molecule has 0 unspecified atom stereocenters. The predicted molar refractivity (Wildman–Crippen MR) is 200 cm³/mol. The summed E-state index contributed by atoms with van der Waals surface area (Å²) in [6, 6.07) is 13.5. The Kier molecular flexibility index (Phi) is 14.7. The van der Waals surface area contributed by atoms with Gasteiger partial charge in [-0.25, -0.2) is 14.5 Å². The van der Waals surface area contributed by atoms with Gasteiger partial charge in [0.1, 0.15) is 18.1 Å². The number of benzene rings is 2. The number of nitrogens with zero attached hydrogens (tertiary/aromatic N) is 5. The number of amides is 2. The number of anilines is 1. The van der Waals surface area contributed by atoms with Crippen molar-refractivity contribution in [3.8, 4) is 16.9 Å². The first-order valence-corrected chi connectivity index (χ1v) is 18.0. The van der Waals surface area contributed by atoms with Crippen LogP contribution in [0.25, 0.3) is 16.9 Å². The number of fused-ring (bicyclic) bond motifs is 2. The highest BCUT2D eigenvalue weighted by molar-refractivity contribution is 6.31. The van der Waals surface area contributed by atoms with Gasteiger partial charge >= 0.3 is 18.2 Å². The monoisotopic (exact) mass is 808 g/mol. The van der Waals surface area contributed by atoms with Gasteiger partial charge in [0.05, 0.1) is 29.9 Å². The van der Waals surface area contributed by atoms with Crippen molar-refractivity contribution in [1.82, 2.24) is 35.2 Å². The van der Waals surface area contributed by atoms with E-state index in [-0.39, 0.29) is 29.2 Å². The highest BCUT2D eigenvalue weighted by Gasteiger charge is 2.30. The number of alkyl carbamates (subject to hydrolysis) is 1. The molecule has 0 saturated carbocycles. The summed E-state index contributed by atoms with van der Waals surface area (Å²) in [4.78, 5) is 53.0. The molecule has 0 fully saturated rings. The van der Waals surface area contributed by atoms with Crippen LogP contribution in [0.5, 0.6) is 0 Å². The summed E-state index contributed by atoms with van der Waals surface area (Å²) in [7, 11) is 0. The quantitative estimate of drug-likeness (QED) is 0.155. The molecule has 2 aromatic heterocycles. The van der Waals surface area contributed by atoms with Crippen molar-refractivity contribution >= 4 is 46.9 Å². The molecule has 296 valence electrons. The van der Waals surface area contributed by atoms with Gasteiger partial charge in [-0.3, -0.25) is 19.0 Å². The molecule has 4 aromatic rings. The number of halogens is 5. The van der Waals surface area contributed by atoms with Crippen LogP contribution in [0.1, 0.15) is 70.9 Å². The Hall–Kier alpha value is -5.16. The van der Waals surface area contributed by atoms with Gasteiger partial charge in [-0.05, 0) is 75.9 Å². The van der Waals surface area contributed by atoms with Gasteiger partial charge in [0, 0.05) is 35.4 Å². The Morgan fingerprint density at radius 3 is 2.45 bits per heavy atom. The summed E-state index contributed by atoms with van der Waals surface area (Å²) in [5.41, 5.74) is 2.43. The minimum absolute atomic E-state index is 0.151. The fourth-order valence-electron chi connectivity index (χ4n) is 5.62. The van der Waals surface area contributed by atoms with Crippen LogP contribution in [-0.4, -0.2) is 78.5 Å².